The van der Waals surface area contributed by atoms with Gasteiger partial charge in [0.25, 0.3) is 0 Å². The van der Waals surface area contributed by atoms with E-state index in [0.29, 0.717) is 18.0 Å². The number of halogens is 1. The van der Waals surface area contributed by atoms with Crippen LogP contribution in [-0.4, -0.2) is 54.1 Å². The summed E-state index contributed by atoms with van der Waals surface area (Å²) in [6.45, 7) is 4.34. The van der Waals surface area contributed by atoms with Crippen LogP contribution in [0.4, 0.5) is 0 Å². The molecule has 1 aliphatic heterocycles. The molecule has 1 aromatic rings. The molecule has 0 spiro atoms. The number of carbonyl (C=O) groups is 2. The highest BCUT2D eigenvalue weighted by Crippen LogP contribution is 2.29. The van der Waals surface area contributed by atoms with Crippen LogP contribution in [-0.2, 0) is 9.59 Å². The van der Waals surface area contributed by atoms with Crippen LogP contribution in [0.2, 0.25) is 5.02 Å². The Morgan fingerprint density at radius 3 is 2.58 bits per heavy atom. The average molecular weight is 382 g/mol. The van der Waals surface area contributed by atoms with Crippen molar-refractivity contribution in [1.29, 1.82) is 0 Å². The van der Waals surface area contributed by atoms with E-state index in [1.54, 1.807) is 0 Å². The standard InChI is InChI=1S/C19H28ClN3O3/c1-2-7-16(19(25)26)21-13-18(24)22-12-17(23-10-5-6-11-23)14-8-3-4-9-15(14)20/h3-4,8-9,16-17,21H,2,5-7,10-13H2,1H3,(H,22,24)(H,25,26). The van der Waals surface area contributed by atoms with E-state index in [4.69, 9.17) is 16.7 Å². The van der Waals surface area contributed by atoms with Gasteiger partial charge in [0.2, 0.25) is 5.91 Å². The SMILES string of the molecule is CCCC(NCC(=O)NCC(c1ccccc1Cl)N1CCCC1)C(=O)O. The van der Waals surface area contributed by atoms with E-state index < -0.39 is 12.0 Å². The van der Waals surface area contributed by atoms with Crippen molar-refractivity contribution in [3.05, 3.63) is 34.9 Å². The van der Waals surface area contributed by atoms with Gasteiger partial charge in [-0.2, -0.15) is 0 Å². The molecule has 7 heteroatoms. The summed E-state index contributed by atoms with van der Waals surface area (Å²) in [6, 6.07) is 7.05. The molecule has 0 bridgehead atoms. The van der Waals surface area contributed by atoms with Crippen molar-refractivity contribution in [3.63, 3.8) is 0 Å². The topological polar surface area (TPSA) is 81.7 Å². The summed E-state index contributed by atoms with van der Waals surface area (Å²) in [5.74, 6) is -1.13. The molecule has 0 saturated carbocycles. The lowest BCUT2D eigenvalue weighted by molar-refractivity contribution is -0.139. The van der Waals surface area contributed by atoms with Crippen molar-refractivity contribution in [3.8, 4) is 0 Å². The fourth-order valence-electron chi connectivity index (χ4n) is 3.32. The Bertz CT molecular complexity index is 605. The molecule has 2 atom stereocenters. The zero-order valence-corrected chi connectivity index (χ0v) is 16.0. The fraction of sp³-hybridized carbons (Fsp3) is 0.579. The van der Waals surface area contributed by atoms with Crippen molar-refractivity contribution >= 4 is 23.5 Å². The van der Waals surface area contributed by atoms with E-state index in [1.807, 2.05) is 31.2 Å². The largest absolute Gasteiger partial charge is 0.480 e. The van der Waals surface area contributed by atoms with Crippen molar-refractivity contribution in [2.24, 2.45) is 0 Å². The van der Waals surface area contributed by atoms with Crippen LogP contribution in [0, 0.1) is 0 Å². The fourth-order valence-corrected chi connectivity index (χ4v) is 3.59. The number of amides is 1. The Kier molecular flexibility index (Phi) is 8.35. The van der Waals surface area contributed by atoms with Gasteiger partial charge in [-0.05, 0) is 44.0 Å². The lowest BCUT2D eigenvalue weighted by Gasteiger charge is -2.29. The minimum atomic E-state index is -0.925. The average Bonchev–Trinajstić information content (AvgIpc) is 3.14. The third-order valence-corrected chi connectivity index (χ3v) is 5.07. The smallest absolute Gasteiger partial charge is 0.320 e. The molecular formula is C19H28ClN3O3. The van der Waals surface area contributed by atoms with Gasteiger partial charge in [-0.25, -0.2) is 0 Å². The molecule has 0 aromatic heterocycles. The number of benzene rings is 1. The zero-order valence-electron chi connectivity index (χ0n) is 15.2. The molecule has 2 unspecified atom stereocenters. The molecule has 1 aliphatic rings. The van der Waals surface area contributed by atoms with E-state index in [-0.39, 0.29) is 18.5 Å². The summed E-state index contributed by atoms with van der Waals surface area (Å²) in [5, 5.41) is 15.6. The minimum Gasteiger partial charge on any atom is -0.480 e. The molecule has 1 aromatic carbocycles. The molecule has 1 saturated heterocycles. The first-order chi connectivity index (χ1) is 12.5. The Morgan fingerprint density at radius 1 is 1.27 bits per heavy atom. The van der Waals surface area contributed by atoms with Crippen LogP contribution in [0.1, 0.15) is 44.2 Å². The number of nitrogens with one attached hydrogen (secondary N) is 2. The zero-order chi connectivity index (χ0) is 18.9. The Morgan fingerprint density at radius 2 is 1.96 bits per heavy atom. The Hall–Kier alpha value is -1.63. The minimum absolute atomic E-state index is 0.00773. The highest BCUT2D eigenvalue weighted by Gasteiger charge is 2.25. The highest BCUT2D eigenvalue weighted by molar-refractivity contribution is 6.31. The van der Waals surface area contributed by atoms with Gasteiger partial charge in [-0.15, -0.1) is 0 Å². The number of hydrogen-bond acceptors (Lipinski definition) is 4. The van der Waals surface area contributed by atoms with Crippen molar-refractivity contribution in [1.82, 2.24) is 15.5 Å². The molecule has 6 nitrogen and oxygen atoms in total. The summed E-state index contributed by atoms with van der Waals surface area (Å²) in [7, 11) is 0. The summed E-state index contributed by atoms with van der Waals surface area (Å²) < 4.78 is 0. The van der Waals surface area contributed by atoms with Crippen molar-refractivity contribution < 1.29 is 14.7 Å². The van der Waals surface area contributed by atoms with E-state index in [9.17, 15) is 9.59 Å². The normalized spacial score (nSPS) is 17.0. The van der Waals surface area contributed by atoms with Crippen LogP contribution < -0.4 is 10.6 Å². The molecule has 0 radical (unpaired) electrons. The number of carbonyl (C=O) groups excluding carboxylic acids is 1. The molecule has 1 amide bonds. The van der Waals surface area contributed by atoms with Gasteiger partial charge >= 0.3 is 5.97 Å². The summed E-state index contributed by atoms with van der Waals surface area (Å²) in [6.07, 6.45) is 3.54. The van der Waals surface area contributed by atoms with Gasteiger partial charge in [-0.3, -0.25) is 19.8 Å². The molecule has 2 rings (SSSR count). The van der Waals surface area contributed by atoms with Crippen LogP contribution in [0.15, 0.2) is 24.3 Å². The molecule has 0 aliphatic carbocycles. The Balaban J connectivity index is 1.93. The van der Waals surface area contributed by atoms with Crippen LogP contribution >= 0.6 is 11.6 Å². The number of carboxylic acids is 1. The molecule has 144 valence electrons. The third-order valence-electron chi connectivity index (χ3n) is 4.72. The maximum Gasteiger partial charge on any atom is 0.320 e. The molecule has 1 heterocycles. The van der Waals surface area contributed by atoms with Gasteiger partial charge in [0.15, 0.2) is 0 Å². The summed E-state index contributed by atoms with van der Waals surface area (Å²) in [5.41, 5.74) is 1.01. The van der Waals surface area contributed by atoms with Gasteiger partial charge in [0, 0.05) is 11.6 Å². The number of hydrogen-bond donors (Lipinski definition) is 3. The van der Waals surface area contributed by atoms with Gasteiger partial charge in [-0.1, -0.05) is 43.1 Å². The monoisotopic (exact) mass is 381 g/mol. The van der Waals surface area contributed by atoms with E-state index in [2.05, 4.69) is 15.5 Å². The highest BCUT2D eigenvalue weighted by atomic mass is 35.5. The van der Waals surface area contributed by atoms with E-state index in [0.717, 1.165) is 37.9 Å². The first-order valence-electron chi connectivity index (χ1n) is 9.24. The maximum atomic E-state index is 12.2. The lowest BCUT2D eigenvalue weighted by atomic mass is 10.1. The number of aliphatic carboxylic acids is 1. The second-order valence-electron chi connectivity index (χ2n) is 6.64. The number of carboxylic acid groups (broad SMARTS) is 1. The number of likely N-dealkylation sites (tertiary alicyclic amines) is 1. The summed E-state index contributed by atoms with van der Waals surface area (Å²) in [4.78, 5) is 25.7. The van der Waals surface area contributed by atoms with Gasteiger partial charge < -0.3 is 10.4 Å². The lowest BCUT2D eigenvalue weighted by Crippen LogP contribution is -2.45. The van der Waals surface area contributed by atoms with Crippen LogP contribution in [0.3, 0.4) is 0 Å². The molecule has 26 heavy (non-hydrogen) atoms. The van der Waals surface area contributed by atoms with Gasteiger partial charge in [0.1, 0.15) is 6.04 Å². The van der Waals surface area contributed by atoms with E-state index in [1.165, 1.54) is 0 Å². The quantitative estimate of drug-likeness (QED) is 0.580. The first kappa shape index (κ1) is 20.7. The predicted octanol–water partition coefficient (Wildman–Crippen LogP) is 2.44. The maximum absolute atomic E-state index is 12.2. The Labute approximate surface area is 159 Å². The predicted molar refractivity (Wildman–Crippen MR) is 102 cm³/mol. The third kappa shape index (κ3) is 5.97. The molecular weight excluding hydrogens is 354 g/mol. The van der Waals surface area contributed by atoms with Crippen LogP contribution in [0.5, 0.6) is 0 Å². The molecule has 3 N–H and O–H groups in total. The second-order valence-corrected chi connectivity index (χ2v) is 7.05. The van der Waals surface area contributed by atoms with Gasteiger partial charge in [0.05, 0.1) is 12.6 Å². The van der Waals surface area contributed by atoms with Crippen molar-refractivity contribution in [2.75, 3.05) is 26.2 Å². The summed E-state index contributed by atoms with van der Waals surface area (Å²) >= 11 is 6.37. The van der Waals surface area contributed by atoms with Crippen LogP contribution in [0.25, 0.3) is 0 Å². The number of nitrogens with zero attached hydrogens (tertiary/aromatic N) is 1. The number of rotatable bonds is 10. The second kappa shape index (κ2) is 10.5. The van der Waals surface area contributed by atoms with E-state index >= 15 is 0 Å². The first-order valence-corrected chi connectivity index (χ1v) is 9.62. The van der Waals surface area contributed by atoms with Crippen molar-refractivity contribution in [2.45, 2.75) is 44.7 Å². The molecule has 1 fully saturated rings.